The van der Waals surface area contributed by atoms with E-state index in [1.807, 2.05) is 0 Å². The summed E-state index contributed by atoms with van der Waals surface area (Å²) in [7, 11) is 3.59. The molecule has 0 radical (unpaired) electrons. The monoisotopic (exact) mass is 268 g/mol. The van der Waals surface area contributed by atoms with Crippen molar-refractivity contribution in [1.82, 2.24) is 20.3 Å². The van der Waals surface area contributed by atoms with Gasteiger partial charge in [0.1, 0.15) is 5.82 Å². The molecule has 0 aliphatic carbocycles. The summed E-state index contributed by atoms with van der Waals surface area (Å²) in [6.07, 6.45) is 2.23. The smallest absolute Gasteiger partial charge is 0.127 e. The fourth-order valence-corrected chi connectivity index (χ4v) is 2.05. The number of rotatable bonds is 4. The molecule has 0 amide bonds. The molecule has 96 valence electrons. The van der Waals surface area contributed by atoms with E-state index in [4.69, 9.17) is 11.6 Å². The van der Waals surface area contributed by atoms with Gasteiger partial charge in [-0.25, -0.2) is 4.39 Å². The Kier molecular flexibility index (Phi) is 3.93. The van der Waals surface area contributed by atoms with Crippen molar-refractivity contribution in [3.05, 3.63) is 46.5 Å². The van der Waals surface area contributed by atoms with Gasteiger partial charge in [-0.15, -0.1) is 5.10 Å². The summed E-state index contributed by atoms with van der Waals surface area (Å²) in [6, 6.07) is 4.57. The first-order chi connectivity index (χ1) is 8.61. The molecule has 6 heteroatoms. The molecule has 0 bridgehead atoms. The summed E-state index contributed by atoms with van der Waals surface area (Å²) in [5, 5.41) is 11.4. The molecule has 2 aromatic rings. The minimum Gasteiger partial charge on any atom is -0.311 e. The second kappa shape index (κ2) is 5.46. The van der Waals surface area contributed by atoms with E-state index in [2.05, 4.69) is 15.6 Å². The van der Waals surface area contributed by atoms with Crippen molar-refractivity contribution in [1.29, 1.82) is 0 Å². The molecule has 1 N–H and O–H groups in total. The van der Waals surface area contributed by atoms with Crippen LogP contribution in [0.2, 0.25) is 5.02 Å². The first kappa shape index (κ1) is 13.0. The van der Waals surface area contributed by atoms with Gasteiger partial charge in [0.15, 0.2) is 0 Å². The quantitative estimate of drug-likeness (QED) is 0.924. The highest BCUT2D eigenvalue weighted by Crippen LogP contribution is 2.24. The molecule has 0 aliphatic rings. The minimum absolute atomic E-state index is 0.118. The molecular weight excluding hydrogens is 255 g/mol. The van der Waals surface area contributed by atoms with Crippen LogP contribution in [0.5, 0.6) is 0 Å². The van der Waals surface area contributed by atoms with Gasteiger partial charge in [-0.3, -0.25) is 4.68 Å². The molecule has 0 spiro atoms. The zero-order chi connectivity index (χ0) is 13.1. The molecule has 0 aliphatic heterocycles. The standard InChI is InChI=1S/C12H14ClFN4/c1-15-11(12-7-18(2)17-16-12)6-8-9(13)4-3-5-10(8)14/h3-5,7,11,15H,6H2,1-2H3. The van der Waals surface area contributed by atoms with Crippen LogP contribution in [0.4, 0.5) is 4.39 Å². The van der Waals surface area contributed by atoms with Crippen LogP contribution in [0.25, 0.3) is 0 Å². The van der Waals surface area contributed by atoms with E-state index in [0.29, 0.717) is 17.0 Å². The Balaban J connectivity index is 2.26. The van der Waals surface area contributed by atoms with Crippen LogP contribution in [0.15, 0.2) is 24.4 Å². The molecule has 4 nitrogen and oxygen atoms in total. The van der Waals surface area contributed by atoms with E-state index in [9.17, 15) is 4.39 Å². The highest BCUT2D eigenvalue weighted by Gasteiger charge is 2.17. The van der Waals surface area contributed by atoms with Crippen LogP contribution in [0.3, 0.4) is 0 Å². The number of aromatic nitrogens is 3. The zero-order valence-electron chi connectivity index (χ0n) is 10.2. The largest absolute Gasteiger partial charge is 0.311 e. The third kappa shape index (κ3) is 2.68. The van der Waals surface area contributed by atoms with Crippen LogP contribution in [-0.4, -0.2) is 22.0 Å². The Hall–Kier alpha value is -1.46. The summed E-state index contributed by atoms with van der Waals surface area (Å²) >= 11 is 6.01. The first-order valence-electron chi connectivity index (χ1n) is 5.58. The Morgan fingerprint density at radius 1 is 1.50 bits per heavy atom. The fraction of sp³-hybridized carbons (Fsp3) is 0.333. The van der Waals surface area contributed by atoms with Gasteiger partial charge >= 0.3 is 0 Å². The summed E-state index contributed by atoms with van der Waals surface area (Å²) in [5.41, 5.74) is 1.25. The highest BCUT2D eigenvalue weighted by molar-refractivity contribution is 6.31. The second-order valence-electron chi connectivity index (χ2n) is 4.06. The minimum atomic E-state index is -0.299. The number of aryl methyl sites for hydroxylation is 1. The predicted octanol–water partition coefficient (Wildman–Crippen LogP) is 2.11. The van der Waals surface area contributed by atoms with Crippen molar-refractivity contribution in [3.63, 3.8) is 0 Å². The molecule has 1 atom stereocenters. The highest BCUT2D eigenvalue weighted by atomic mass is 35.5. The Morgan fingerprint density at radius 3 is 2.83 bits per heavy atom. The van der Waals surface area contributed by atoms with E-state index >= 15 is 0 Å². The van der Waals surface area contributed by atoms with Gasteiger partial charge in [0, 0.05) is 23.8 Å². The molecular formula is C12H14ClFN4. The summed E-state index contributed by atoms with van der Waals surface area (Å²) in [6.45, 7) is 0. The number of benzene rings is 1. The van der Waals surface area contributed by atoms with Gasteiger partial charge in [0.2, 0.25) is 0 Å². The Labute approximate surface area is 110 Å². The first-order valence-corrected chi connectivity index (χ1v) is 5.96. The van der Waals surface area contributed by atoms with E-state index in [0.717, 1.165) is 5.69 Å². The Bertz CT molecular complexity index is 520. The molecule has 18 heavy (non-hydrogen) atoms. The molecule has 0 saturated carbocycles. The van der Waals surface area contributed by atoms with Crippen molar-refractivity contribution >= 4 is 11.6 Å². The van der Waals surface area contributed by atoms with Gasteiger partial charge in [-0.1, -0.05) is 22.9 Å². The predicted molar refractivity (Wildman–Crippen MR) is 67.9 cm³/mol. The average Bonchev–Trinajstić information content (AvgIpc) is 2.76. The van der Waals surface area contributed by atoms with E-state index in [1.165, 1.54) is 6.07 Å². The van der Waals surface area contributed by atoms with Crippen molar-refractivity contribution in [3.8, 4) is 0 Å². The number of hydrogen-bond donors (Lipinski definition) is 1. The number of nitrogens with one attached hydrogen (secondary N) is 1. The van der Waals surface area contributed by atoms with Gasteiger partial charge < -0.3 is 5.32 Å². The molecule has 1 unspecified atom stereocenters. The van der Waals surface area contributed by atoms with E-state index in [-0.39, 0.29) is 11.9 Å². The molecule has 0 saturated heterocycles. The SMILES string of the molecule is CNC(Cc1c(F)cccc1Cl)c1cn(C)nn1. The van der Waals surface area contributed by atoms with E-state index in [1.54, 1.807) is 37.1 Å². The summed E-state index contributed by atoms with van der Waals surface area (Å²) in [4.78, 5) is 0. The maximum Gasteiger partial charge on any atom is 0.127 e. The normalized spacial score (nSPS) is 12.7. The van der Waals surface area contributed by atoms with Crippen molar-refractivity contribution < 1.29 is 4.39 Å². The summed E-state index contributed by atoms with van der Waals surface area (Å²) < 4.78 is 15.3. The van der Waals surface area contributed by atoms with Crippen LogP contribution in [0.1, 0.15) is 17.3 Å². The fourth-order valence-electron chi connectivity index (χ4n) is 1.81. The summed E-state index contributed by atoms with van der Waals surface area (Å²) in [5.74, 6) is -0.299. The van der Waals surface area contributed by atoms with Crippen molar-refractivity contribution in [2.24, 2.45) is 7.05 Å². The van der Waals surface area contributed by atoms with Gasteiger partial charge in [0.25, 0.3) is 0 Å². The molecule has 2 rings (SSSR count). The zero-order valence-corrected chi connectivity index (χ0v) is 10.9. The third-order valence-electron chi connectivity index (χ3n) is 2.80. The lowest BCUT2D eigenvalue weighted by molar-refractivity contribution is 0.544. The van der Waals surface area contributed by atoms with Gasteiger partial charge in [0.05, 0.1) is 11.7 Å². The second-order valence-corrected chi connectivity index (χ2v) is 4.47. The van der Waals surface area contributed by atoms with Crippen molar-refractivity contribution in [2.75, 3.05) is 7.05 Å². The maximum absolute atomic E-state index is 13.7. The third-order valence-corrected chi connectivity index (χ3v) is 3.15. The number of nitrogens with zero attached hydrogens (tertiary/aromatic N) is 3. The number of hydrogen-bond acceptors (Lipinski definition) is 3. The molecule has 1 heterocycles. The van der Waals surface area contributed by atoms with Gasteiger partial charge in [-0.05, 0) is 25.6 Å². The van der Waals surface area contributed by atoms with Crippen LogP contribution >= 0.6 is 11.6 Å². The van der Waals surface area contributed by atoms with Crippen LogP contribution < -0.4 is 5.32 Å². The molecule has 1 aromatic heterocycles. The van der Waals surface area contributed by atoms with Crippen LogP contribution in [-0.2, 0) is 13.5 Å². The maximum atomic E-state index is 13.7. The molecule has 0 fully saturated rings. The lowest BCUT2D eigenvalue weighted by Gasteiger charge is -2.14. The topological polar surface area (TPSA) is 42.7 Å². The Morgan fingerprint density at radius 2 is 2.28 bits per heavy atom. The average molecular weight is 269 g/mol. The van der Waals surface area contributed by atoms with E-state index < -0.39 is 0 Å². The number of likely N-dealkylation sites (N-methyl/N-ethyl adjacent to an activating group) is 1. The van der Waals surface area contributed by atoms with Crippen LogP contribution in [0, 0.1) is 5.82 Å². The lowest BCUT2D eigenvalue weighted by Crippen LogP contribution is -2.20. The molecule has 1 aromatic carbocycles. The lowest BCUT2D eigenvalue weighted by atomic mass is 10.0. The number of halogens is 2. The van der Waals surface area contributed by atoms with Gasteiger partial charge in [-0.2, -0.15) is 0 Å². The van der Waals surface area contributed by atoms with Crippen molar-refractivity contribution in [2.45, 2.75) is 12.5 Å².